The van der Waals surface area contributed by atoms with Gasteiger partial charge in [-0.2, -0.15) is 0 Å². The Morgan fingerprint density at radius 2 is 1.16 bits per heavy atom. The van der Waals surface area contributed by atoms with Crippen molar-refractivity contribution in [2.75, 3.05) is 0 Å². The minimum Gasteiger partial charge on any atom is -0.207 e. The van der Waals surface area contributed by atoms with E-state index in [-0.39, 0.29) is 12.0 Å². The highest BCUT2D eigenvalue weighted by Gasteiger charge is 2.10. The molecule has 4 aromatic rings. The van der Waals surface area contributed by atoms with Gasteiger partial charge in [0.25, 0.3) is 0 Å². The number of rotatable bonds is 3. The van der Waals surface area contributed by atoms with Crippen molar-refractivity contribution in [2.45, 2.75) is 19.8 Å². The predicted molar refractivity (Wildman–Crippen MR) is 115 cm³/mol. The van der Waals surface area contributed by atoms with E-state index in [0.717, 1.165) is 23.3 Å². The van der Waals surface area contributed by atoms with Crippen molar-refractivity contribution >= 4 is 10.8 Å². The number of fused-ring (bicyclic) bond motifs is 1. The molecule has 0 bridgehead atoms. The Labute approximate surface area is 178 Å². The number of benzene rings is 4. The molecule has 0 saturated carbocycles. The SMILES string of the molecule is Cc1cc(F)c(CCc2ccc(C#Cc3ccc4cc(F)c(F)cc4c3)cc2)c(F)c1. The van der Waals surface area contributed by atoms with Crippen molar-refractivity contribution < 1.29 is 17.6 Å². The molecule has 0 radical (unpaired) electrons. The van der Waals surface area contributed by atoms with E-state index in [1.54, 1.807) is 25.1 Å². The normalized spacial score (nSPS) is 10.7. The van der Waals surface area contributed by atoms with Crippen LogP contribution in [0, 0.1) is 42.0 Å². The van der Waals surface area contributed by atoms with Crippen molar-refractivity contribution in [1.82, 2.24) is 0 Å². The van der Waals surface area contributed by atoms with E-state index in [1.807, 2.05) is 24.3 Å². The number of hydrogen-bond donors (Lipinski definition) is 0. The van der Waals surface area contributed by atoms with Gasteiger partial charge in [-0.05, 0) is 90.2 Å². The molecule has 4 heteroatoms. The van der Waals surface area contributed by atoms with Gasteiger partial charge < -0.3 is 0 Å². The summed E-state index contributed by atoms with van der Waals surface area (Å²) in [5.74, 6) is 3.26. The van der Waals surface area contributed by atoms with Crippen LogP contribution >= 0.6 is 0 Å². The van der Waals surface area contributed by atoms with Crippen LogP contribution in [-0.2, 0) is 12.8 Å². The van der Waals surface area contributed by atoms with Crippen LogP contribution in [0.5, 0.6) is 0 Å². The molecular formula is C27H18F4. The molecular weight excluding hydrogens is 400 g/mol. The maximum absolute atomic E-state index is 14.0. The quantitative estimate of drug-likeness (QED) is 0.251. The first-order valence-electron chi connectivity index (χ1n) is 9.83. The van der Waals surface area contributed by atoms with Crippen molar-refractivity contribution in [2.24, 2.45) is 0 Å². The topological polar surface area (TPSA) is 0 Å². The average Bonchev–Trinajstić information content (AvgIpc) is 2.73. The van der Waals surface area contributed by atoms with E-state index >= 15 is 0 Å². The number of hydrogen-bond acceptors (Lipinski definition) is 0. The molecule has 0 fully saturated rings. The second kappa shape index (κ2) is 8.65. The third-order valence-corrected chi connectivity index (χ3v) is 5.13. The molecule has 0 aliphatic carbocycles. The smallest absolute Gasteiger partial charge is 0.159 e. The molecule has 4 rings (SSSR count). The summed E-state index contributed by atoms with van der Waals surface area (Å²) >= 11 is 0. The summed E-state index contributed by atoms with van der Waals surface area (Å²) in [7, 11) is 0. The fourth-order valence-electron chi connectivity index (χ4n) is 3.46. The Morgan fingerprint density at radius 1 is 0.581 bits per heavy atom. The second-order valence-electron chi connectivity index (χ2n) is 7.48. The summed E-state index contributed by atoms with van der Waals surface area (Å²) in [6.07, 6.45) is 0.786. The van der Waals surface area contributed by atoms with Gasteiger partial charge in [-0.3, -0.25) is 0 Å². The van der Waals surface area contributed by atoms with E-state index in [9.17, 15) is 17.6 Å². The molecule has 0 aliphatic heterocycles. The zero-order chi connectivity index (χ0) is 22.0. The lowest BCUT2D eigenvalue weighted by atomic mass is 10.0. The van der Waals surface area contributed by atoms with Gasteiger partial charge >= 0.3 is 0 Å². The zero-order valence-corrected chi connectivity index (χ0v) is 16.8. The van der Waals surface area contributed by atoms with Crippen LogP contribution < -0.4 is 0 Å². The summed E-state index contributed by atoms with van der Waals surface area (Å²) in [6, 6.07) is 17.6. The summed E-state index contributed by atoms with van der Waals surface area (Å²) in [6.45, 7) is 1.66. The van der Waals surface area contributed by atoms with E-state index < -0.39 is 23.3 Å². The highest BCUT2D eigenvalue weighted by molar-refractivity contribution is 5.84. The monoisotopic (exact) mass is 418 g/mol. The Morgan fingerprint density at radius 3 is 1.84 bits per heavy atom. The molecule has 0 spiro atoms. The highest BCUT2D eigenvalue weighted by Crippen LogP contribution is 2.20. The van der Waals surface area contributed by atoms with Gasteiger partial charge in [0, 0.05) is 16.7 Å². The molecule has 0 nitrogen and oxygen atoms in total. The minimum atomic E-state index is -0.890. The number of aryl methyl sites for hydroxylation is 2. The average molecular weight is 418 g/mol. The van der Waals surface area contributed by atoms with E-state index in [0.29, 0.717) is 28.3 Å². The van der Waals surface area contributed by atoms with Crippen LogP contribution in [0.25, 0.3) is 10.8 Å². The van der Waals surface area contributed by atoms with Gasteiger partial charge in [0.2, 0.25) is 0 Å². The first-order chi connectivity index (χ1) is 14.9. The van der Waals surface area contributed by atoms with Gasteiger partial charge in [0.05, 0.1) is 0 Å². The summed E-state index contributed by atoms with van der Waals surface area (Å²) in [4.78, 5) is 0. The maximum Gasteiger partial charge on any atom is 0.159 e. The van der Waals surface area contributed by atoms with Crippen LogP contribution in [0.4, 0.5) is 17.6 Å². The molecule has 31 heavy (non-hydrogen) atoms. The molecule has 0 saturated heterocycles. The standard InChI is InChI=1S/C27H18F4/c1-17-12-24(28)23(25(29)13-17)11-9-19-4-2-18(3-5-19)6-7-20-8-10-21-15-26(30)27(31)16-22(21)14-20/h2-5,8,10,12-16H,9,11H2,1H3. The van der Waals surface area contributed by atoms with Gasteiger partial charge in [-0.1, -0.05) is 30.0 Å². The molecule has 4 aromatic carbocycles. The maximum atomic E-state index is 14.0. The fraction of sp³-hybridized carbons (Fsp3) is 0.111. The lowest BCUT2D eigenvalue weighted by Crippen LogP contribution is -2.00. The molecule has 0 N–H and O–H groups in total. The Kier molecular flexibility index (Phi) is 5.77. The van der Waals surface area contributed by atoms with Crippen molar-refractivity contribution in [3.8, 4) is 11.8 Å². The fourth-order valence-corrected chi connectivity index (χ4v) is 3.46. The van der Waals surface area contributed by atoms with Gasteiger partial charge in [-0.15, -0.1) is 0 Å². The molecule has 0 aromatic heterocycles. The molecule has 0 atom stereocenters. The highest BCUT2D eigenvalue weighted by atomic mass is 19.2. The Hall–Kier alpha value is -3.58. The van der Waals surface area contributed by atoms with Gasteiger partial charge in [0.15, 0.2) is 11.6 Å². The Bertz CT molecular complexity index is 1300. The van der Waals surface area contributed by atoms with Gasteiger partial charge in [-0.25, -0.2) is 17.6 Å². The summed E-state index contributed by atoms with van der Waals surface area (Å²) in [5.41, 5.74) is 3.08. The zero-order valence-electron chi connectivity index (χ0n) is 16.8. The van der Waals surface area contributed by atoms with E-state index in [1.165, 1.54) is 12.1 Å². The lowest BCUT2D eigenvalue weighted by Gasteiger charge is -2.07. The molecule has 0 unspecified atom stereocenters. The van der Waals surface area contributed by atoms with Crippen LogP contribution in [0.1, 0.15) is 27.8 Å². The first kappa shape index (κ1) is 20.7. The van der Waals surface area contributed by atoms with Crippen LogP contribution in [0.2, 0.25) is 0 Å². The van der Waals surface area contributed by atoms with Crippen LogP contribution in [0.15, 0.2) is 66.7 Å². The Balaban J connectivity index is 1.47. The lowest BCUT2D eigenvalue weighted by molar-refractivity contribution is 0.511. The van der Waals surface area contributed by atoms with Crippen LogP contribution in [-0.4, -0.2) is 0 Å². The van der Waals surface area contributed by atoms with E-state index in [2.05, 4.69) is 11.8 Å². The molecule has 0 aliphatic rings. The molecule has 0 heterocycles. The minimum absolute atomic E-state index is 0.0992. The first-order valence-corrected chi connectivity index (χ1v) is 9.83. The third-order valence-electron chi connectivity index (χ3n) is 5.13. The predicted octanol–water partition coefficient (Wildman–Crippen LogP) is 6.89. The van der Waals surface area contributed by atoms with Crippen molar-refractivity contribution in [1.29, 1.82) is 0 Å². The van der Waals surface area contributed by atoms with Crippen LogP contribution in [0.3, 0.4) is 0 Å². The number of halogens is 4. The second-order valence-corrected chi connectivity index (χ2v) is 7.48. The third kappa shape index (κ3) is 4.78. The molecule has 154 valence electrons. The van der Waals surface area contributed by atoms with Gasteiger partial charge in [0.1, 0.15) is 11.6 Å². The van der Waals surface area contributed by atoms with Crippen molar-refractivity contribution in [3.63, 3.8) is 0 Å². The van der Waals surface area contributed by atoms with E-state index in [4.69, 9.17) is 0 Å². The summed E-state index contributed by atoms with van der Waals surface area (Å²) in [5, 5.41) is 1.19. The van der Waals surface area contributed by atoms with Crippen molar-refractivity contribution in [3.05, 3.63) is 118 Å². The summed E-state index contributed by atoms with van der Waals surface area (Å²) < 4.78 is 54.7. The molecule has 0 amide bonds. The largest absolute Gasteiger partial charge is 0.207 e.